The van der Waals surface area contributed by atoms with Crippen LogP contribution in [0.4, 0.5) is 0 Å². The molecule has 0 unspecified atom stereocenters. The van der Waals surface area contributed by atoms with Gasteiger partial charge in [0.2, 0.25) is 11.8 Å². The monoisotopic (exact) mass is 326 g/mol. The predicted molar refractivity (Wildman–Crippen MR) is 85.8 cm³/mol. The van der Waals surface area contributed by atoms with Gasteiger partial charge in [0.05, 0.1) is 0 Å². The maximum Gasteiger partial charge on any atom is 0.231 e. The van der Waals surface area contributed by atoms with E-state index in [-0.39, 0.29) is 6.79 Å². The lowest BCUT2D eigenvalue weighted by Gasteiger charge is -2.00. The van der Waals surface area contributed by atoms with Crippen LogP contribution < -0.4 is 9.47 Å². The molecular weight excluding hydrogens is 312 g/mol. The van der Waals surface area contributed by atoms with E-state index in [1.807, 2.05) is 18.2 Å². The van der Waals surface area contributed by atoms with Crippen molar-refractivity contribution in [2.24, 2.45) is 0 Å². The second-order valence-electron chi connectivity index (χ2n) is 5.28. The summed E-state index contributed by atoms with van der Waals surface area (Å²) in [5.41, 5.74) is 1.92. The van der Waals surface area contributed by atoms with Gasteiger partial charge in [0.1, 0.15) is 16.8 Å². The van der Waals surface area contributed by atoms with Crippen molar-refractivity contribution >= 4 is 16.3 Å². The summed E-state index contributed by atoms with van der Waals surface area (Å²) < 4.78 is 12.4. The van der Waals surface area contributed by atoms with Gasteiger partial charge in [0, 0.05) is 12.0 Å². The minimum absolute atomic E-state index is 0.227. The minimum atomic E-state index is 0.227. The van der Waals surface area contributed by atoms with E-state index in [0.717, 1.165) is 34.8 Å². The SMILES string of the molecule is CCCCc1nn2c(C#N)c(-c3ccc4c(c3)OCO4)nc2s1. The highest BCUT2D eigenvalue weighted by atomic mass is 32.1. The lowest BCUT2D eigenvalue weighted by Crippen LogP contribution is -1.93. The van der Waals surface area contributed by atoms with Gasteiger partial charge < -0.3 is 9.47 Å². The molecule has 6 nitrogen and oxygen atoms in total. The van der Waals surface area contributed by atoms with Gasteiger partial charge in [0.15, 0.2) is 17.2 Å². The van der Waals surface area contributed by atoms with Crippen molar-refractivity contribution in [1.82, 2.24) is 14.6 Å². The Bertz CT molecular complexity index is 922. The molecule has 116 valence electrons. The van der Waals surface area contributed by atoms with Crippen LogP contribution in [0.2, 0.25) is 0 Å². The first-order valence-corrected chi connectivity index (χ1v) is 8.30. The summed E-state index contributed by atoms with van der Waals surface area (Å²) in [6.45, 7) is 2.38. The smallest absolute Gasteiger partial charge is 0.231 e. The Morgan fingerprint density at radius 1 is 1.35 bits per heavy atom. The first-order valence-electron chi connectivity index (χ1n) is 7.48. The van der Waals surface area contributed by atoms with E-state index >= 15 is 0 Å². The summed E-state index contributed by atoms with van der Waals surface area (Å²) in [5.74, 6) is 1.40. The second-order valence-corrected chi connectivity index (χ2v) is 6.32. The number of imidazole rings is 1. The van der Waals surface area contributed by atoms with Crippen LogP contribution in [0.15, 0.2) is 18.2 Å². The van der Waals surface area contributed by atoms with Gasteiger partial charge in [-0.2, -0.15) is 14.9 Å². The van der Waals surface area contributed by atoms with E-state index in [9.17, 15) is 5.26 Å². The molecule has 1 aliphatic heterocycles. The molecule has 0 bridgehead atoms. The zero-order chi connectivity index (χ0) is 15.8. The van der Waals surface area contributed by atoms with Crippen LogP contribution in [-0.2, 0) is 6.42 Å². The molecule has 2 aromatic heterocycles. The highest BCUT2D eigenvalue weighted by Crippen LogP contribution is 2.37. The molecular formula is C16H14N4O2S. The molecule has 23 heavy (non-hydrogen) atoms. The minimum Gasteiger partial charge on any atom is -0.454 e. The van der Waals surface area contributed by atoms with Crippen LogP contribution in [0.3, 0.4) is 0 Å². The number of nitriles is 1. The lowest BCUT2D eigenvalue weighted by atomic mass is 10.1. The highest BCUT2D eigenvalue weighted by molar-refractivity contribution is 7.16. The standard InChI is InChI=1S/C16H14N4O2S/c1-2-3-4-14-19-20-11(8-17)15(18-16(20)23-14)10-5-6-12-13(7-10)22-9-21-12/h5-7H,2-4,9H2,1H3. The number of nitrogens with zero attached hydrogens (tertiary/aromatic N) is 4. The number of benzene rings is 1. The van der Waals surface area contributed by atoms with Crippen molar-refractivity contribution in [3.05, 3.63) is 28.9 Å². The number of aryl methyl sites for hydroxylation is 1. The van der Waals surface area contributed by atoms with Crippen molar-refractivity contribution in [2.45, 2.75) is 26.2 Å². The average Bonchev–Trinajstić information content (AvgIpc) is 3.25. The number of aromatic nitrogens is 3. The molecule has 4 rings (SSSR count). The Labute approximate surface area is 136 Å². The summed E-state index contributed by atoms with van der Waals surface area (Å²) in [5, 5.41) is 15.1. The van der Waals surface area contributed by atoms with E-state index in [0.29, 0.717) is 22.9 Å². The molecule has 0 N–H and O–H groups in total. The molecule has 1 aromatic carbocycles. The molecule has 3 heterocycles. The number of unbranched alkanes of at least 4 members (excludes halogenated alkanes) is 1. The average molecular weight is 326 g/mol. The number of rotatable bonds is 4. The number of hydrogen-bond acceptors (Lipinski definition) is 6. The van der Waals surface area contributed by atoms with Crippen LogP contribution >= 0.6 is 11.3 Å². The molecule has 0 amide bonds. The fourth-order valence-corrected chi connectivity index (χ4v) is 3.50. The van der Waals surface area contributed by atoms with Crippen LogP contribution in [0.5, 0.6) is 11.5 Å². The third kappa shape index (κ3) is 2.32. The number of ether oxygens (including phenoxy) is 2. The Hall–Kier alpha value is -2.59. The van der Waals surface area contributed by atoms with E-state index < -0.39 is 0 Å². The first kappa shape index (κ1) is 14.0. The third-order valence-electron chi connectivity index (χ3n) is 3.74. The van der Waals surface area contributed by atoms with Gasteiger partial charge >= 0.3 is 0 Å². The fraction of sp³-hybridized carbons (Fsp3) is 0.312. The second kappa shape index (κ2) is 5.56. The molecule has 0 aliphatic carbocycles. The Balaban J connectivity index is 1.78. The predicted octanol–water partition coefficient (Wildman–Crippen LogP) is 3.40. The van der Waals surface area contributed by atoms with Crippen molar-refractivity contribution < 1.29 is 9.47 Å². The maximum absolute atomic E-state index is 9.54. The number of hydrogen-bond donors (Lipinski definition) is 0. The Morgan fingerprint density at radius 2 is 2.22 bits per heavy atom. The van der Waals surface area contributed by atoms with Crippen LogP contribution in [0.25, 0.3) is 16.2 Å². The number of fused-ring (bicyclic) bond motifs is 2. The Kier molecular flexibility index (Phi) is 3.39. The molecule has 0 saturated carbocycles. The zero-order valence-corrected chi connectivity index (χ0v) is 13.4. The van der Waals surface area contributed by atoms with Crippen molar-refractivity contribution in [3.63, 3.8) is 0 Å². The quantitative estimate of drug-likeness (QED) is 0.734. The summed E-state index contributed by atoms with van der Waals surface area (Å²) in [6.07, 6.45) is 3.14. The van der Waals surface area contributed by atoms with Gasteiger partial charge in [-0.25, -0.2) is 4.98 Å². The van der Waals surface area contributed by atoms with Crippen LogP contribution in [0, 0.1) is 11.3 Å². The van der Waals surface area contributed by atoms with Crippen LogP contribution in [0.1, 0.15) is 30.5 Å². The largest absolute Gasteiger partial charge is 0.454 e. The first-order chi connectivity index (χ1) is 11.3. The molecule has 0 spiro atoms. The van der Waals surface area contributed by atoms with E-state index in [1.54, 1.807) is 15.9 Å². The molecule has 0 atom stereocenters. The van der Waals surface area contributed by atoms with Gasteiger partial charge in [0.25, 0.3) is 0 Å². The van der Waals surface area contributed by atoms with Gasteiger partial charge in [-0.1, -0.05) is 24.7 Å². The Morgan fingerprint density at radius 3 is 3.04 bits per heavy atom. The van der Waals surface area contributed by atoms with Gasteiger partial charge in [-0.15, -0.1) is 0 Å². The maximum atomic E-state index is 9.54. The van der Waals surface area contributed by atoms with Crippen molar-refractivity contribution in [2.75, 3.05) is 6.79 Å². The molecule has 0 fully saturated rings. The van der Waals surface area contributed by atoms with E-state index in [1.165, 1.54) is 0 Å². The highest BCUT2D eigenvalue weighted by Gasteiger charge is 2.20. The van der Waals surface area contributed by atoms with Gasteiger partial charge in [-0.3, -0.25) is 0 Å². The molecule has 7 heteroatoms. The zero-order valence-electron chi connectivity index (χ0n) is 12.6. The third-order valence-corrected chi connectivity index (χ3v) is 4.71. The normalized spacial score (nSPS) is 12.7. The summed E-state index contributed by atoms with van der Waals surface area (Å²) in [7, 11) is 0. The van der Waals surface area contributed by atoms with Gasteiger partial charge in [-0.05, 0) is 24.6 Å². The van der Waals surface area contributed by atoms with Crippen molar-refractivity contribution in [1.29, 1.82) is 5.26 Å². The van der Waals surface area contributed by atoms with Crippen LogP contribution in [-0.4, -0.2) is 21.4 Å². The topological polar surface area (TPSA) is 72.4 Å². The fourth-order valence-electron chi connectivity index (χ4n) is 2.56. The summed E-state index contributed by atoms with van der Waals surface area (Å²) >= 11 is 1.54. The summed E-state index contributed by atoms with van der Waals surface area (Å²) in [6, 6.07) is 7.81. The molecule has 3 aromatic rings. The molecule has 0 radical (unpaired) electrons. The lowest BCUT2D eigenvalue weighted by molar-refractivity contribution is 0.174. The van der Waals surface area contributed by atoms with Crippen molar-refractivity contribution in [3.8, 4) is 28.8 Å². The molecule has 0 saturated heterocycles. The molecule has 1 aliphatic rings. The van der Waals surface area contributed by atoms with E-state index in [2.05, 4.69) is 23.1 Å². The van der Waals surface area contributed by atoms with E-state index in [4.69, 9.17) is 9.47 Å². The summed E-state index contributed by atoms with van der Waals surface area (Å²) in [4.78, 5) is 5.36.